The zero-order chi connectivity index (χ0) is 10.8. The van der Waals surface area contributed by atoms with Crippen molar-refractivity contribution in [1.82, 2.24) is 4.57 Å². The molecule has 3 heteroatoms. The van der Waals surface area contributed by atoms with Crippen LogP contribution in [0.1, 0.15) is 27.2 Å². The minimum Gasteiger partial charge on any atom is -0.380 e. The van der Waals surface area contributed by atoms with E-state index in [1.807, 2.05) is 6.07 Å². The molecule has 1 rings (SSSR count). The number of pyridine rings is 1. The van der Waals surface area contributed by atoms with Gasteiger partial charge < -0.3 is 9.88 Å². The molecule has 1 aromatic rings. The molecule has 0 spiro atoms. The van der Waals surface area contributed by atoms with Crippen molar-refractivity contribution in [3.05, 3.63) is 28.7 Å². The highest BCUT2D eigenvalue weighted by Crippen LogP contribution is 2.15. The highest BCUT2D eigenvalue weighted by molar-refractivity contribution is 5.43. The normalized spacial score (nSPS) is 11.4. The topological polar surface area (TPSA) is 34.0 Å². The average molecular weight is 194 g/mol. The van der Waals surface area contributed by atoms with Gasteiger partial charge in [-0.1, -0.05) is 6.92 Å². The fourth-order valence-corrected chi connectivity index (χ4v) is 1.11. The largest absolute Gasteiger partial charge is 0.380 e. The highest BCUT2D eigenvalue weighted by atomic mass is 16.1. The monoisotopic (exact) mass is 194 g/mol. The van der Waals surface area contributed by atoms with Gasteiger partial charge >= 0.3 is 0 Å². The van der Waals surface area contributed by atoms with Gasteiger partial charge in [0.25, 0.3) is 5.56 Å². The molecule has 3 nitrogen and oxygen atoms in total. The molecule has 1 N–H and O–H groups in total. The van der Waals surface area contributed by atoms with Crippen LogP contribution in [0.2, 0.25) is 0 Å². The Hall–Kier alpha value is -1.25. The average Bonchev–Trinajstić information content (AvgIpc) is 2.11. The number of nitrogens with zero attached hydrogens (tertiary/aromatic N) is 1. The lowest BCUT2D eigenvalue weighted by molar-refractivity contribution is 0.547. The zero-order valence-corrected chi connectivity index (χ0v) is 9.29. The third kappa shape index (κ3) is 2.62. The lowest BCUT2D eigenvalue weighted by Gasteiger charge is -2.25. The molecule has 0 aliphatic rings. The summed E-state index contributed by atoms with van der Waals surface area (Å²) < 4.78 is 1.56. The SMILES string of the molecule is CCC(C)(C)Nc1ccn(C)c(=O)c1. The second-order valence-electron chi connectivity index (χ2n) is 4.23. The first-order valence-corrected chi connectivity index (χ1v) is 4.89. The Morgan fingerprint density at radius 2 is 2.14 bits per heavy atom. The Morgan fingerprint density at radius 1 is 1.50 bits per heavy atom. The molecule has 0 aliphatic heterocycles. The first-order valence-electron chi connectivity index (χ1n) is 4.89. The van der Waals surface area contributed by atoms with Crippen molar-refractivity contribution in [3.8, 4) is 0 Å². The summed E-state index contributed by atoms with van der Waals surface area (Å²) in [6.07, 6.45) is 2.79. The lowest BCUT2D eigenvalue weighted by atomic mass is 10.0. The van der Waals surface area contributed by atoms with Crippen LogP contribution in [-0.2, 0) is 7.05 Å². The maximum atomic E-state index is 11.3. The maximum absolute atomic E-state index is 11.3. The molecule has 0 fully saturated rings. The molecule has 0 aliphatic carbocycles. The van der Waals surface area contributed by atoms with E-state index in [-0.39, 0.29) is 11.1 Å². The van der Waals surface area contributed by atoms with Crippen molar-refractivity contribution < 1.29 is 0 Å². The van der Waals surface area contributed by atoms with Crippen LogP contribution in [0.25, 0.3) is 0 Å². The quantitative estimate of drug-likeness (QED) is 0.798. The zero-order valence-electron chi connectivity index (χ0n) is 9.29. The Kier molecular flexibility index (Phi) is 2.99. The Labute approximate surface area is 84.8 Å². The van der Waals surface area contributed by atoms with Crippen LogP contribution in [0.5, 0.6) is 0 Å². The Balaban J connectivity index is 2.89. The summed E-state index contributed by atoms with van der Waals surface area (Å²) in [5.41, 5.74) is 0.939. The molecule has 14 heavy (non-hydrogen) atoms. The van der Waals surface area contributed by atoms with Crippen molar-refractivity contribution >= 4 is 5.69 Å². The van der Waals surface area contributed by atoms with Crippen molar-refractivity contribution in [2.45, 2.75) is 32.7 Å². The third-order valence-corrected chi connectivity index (χ3v) is 2.47. The van der Waals surface area contributed by atoms with Crippen molar-refractivity contribution in [1.29, 1.82) is 0 Å². The standard InChI is InChI=1S/C11H18N2O/c1-5-11(2,3)12-9-6-7-13(4)10(14)8-9/h6-8,12H,5H2,1-4H3. The van der Waals surface area contributed by atoms with Crippen LogP contribution in [-0.4, -0.2) is 10.1 Å². The van der Waals surface area contributed by atoms with Crippen molar-refractivity contribution in [3.63, 3.8) is 0 Å². The molecule has 0 atom stereocenters. The summed E-state index contributed by atoms with van der Waals surface area (Å²) in [5.74, 6) is 0. The summed E-state index contributed by atoms with van der Waals surface area (Å²) in [5, 5.41) is 3.32. The predicted octanol–water partition coefficient (Wildman–Crippen LogP) is 1.99. The molecule has 0 radical (unpaired) electrons. The van der Waals surface area contributed by atoms with E-state index in [1.54, 1.807) is 23.9 Å². The number of hydrogen-bond donors (Lipinski definition) is 1. The molecule has 1 aromatic heterocycles. The highest BCUT2D eigenvalue weighted by Gasteiger charge is 2.13. The minimum atomic E-state index is 0.0157. The molecule has 0 bridgehead atoms. The van der Waals surface area contributed by atoms with Gasteiger partial charge in [0.2, 0.25) is 0 Å². The van der Waals surface area contributed by atoms with Gasteiger partial charge in [-0.3, -0.25) is 4.79 Å². The van der Waals surface area contributed by atoms with Crippen LogP contribution in [0.15, 0.2) is 23.1 Å². The van der Waals surface area contributed by atoms with Gasteiger partial charge in [-0.15, -0.1) is 0 Å². The summed E-state index contributed by atoms with van der Waals surface area (Å²) in [6, 6.07) is 3.54. The summed E-state index contributed by atoms with van der Waals surface area (Å²) in [6.45, 7) is 6.35. The number of aromatic nitrogens is 1. The van der Waals surface area contributed by atoms with Gasteiger partial charge in [0, 0.05) is 30.5 Å². The third-order valence-electron chi connectivity index (χ3n) is 2.47. The second-order valence-corrected chi connectivity index (χ2v) is 4.23. The van der Waals surface area contributed by atoms with Crippen molar-refractivity contribution in [2.24, 2.45) is 7.05 Å². The Morgan fingerprint density at radius 3 is 2.64 bits per heavy atom. The molecular formula is C11H18N2O. The van der Waals surface area contributed by atoms with E-state index in [2.05, 4.69) is 26.1 Å². The van der Waals surface area contributed by atoms with E-state index in [9.17, 15) is 4.79 Å². The molecule has 1 heterocycles. The second kappa shape index (κ2) is 3.86. The van der Waals surface area contributed by atoms with Gasteiger partial charge in [-0.25, -0.2) is 0 Å². The first kappa shape index (κ1) is 10.8. The van der Waals surface area contributed by atoms with E-state index in [0.717, 1.165) is 12.1 Å². The number of rotatable bonds is 3. The summed E-state index contributed by atoms with van der Waals surface area (Å²) in [7, 11) is 1.75. The summed E-state index contributed by atoms with van der Waals surface area (Å²) >= 11 is 0. The molecular weight excluding hydrogens is 176 g/mol. The van der Waals surface area contributed by atoms with E-state index < -0.39 is 0 Å². The van der Waals surface area contributed by atoms with E-state index in [0.29, 0.717) is 0 Å². The molecule has 0 aromatic carbocycles. The smallest absolute Gasteiger partial charge is 0.252 e. The number of anilines is 1. The summed E-state index contributed by atoms with van der Waals surface area (Å²) in [4.78, 5) is 11.3. The van der Waals surface area contributed by atoms with Crippen molar-refractivity contribution in [2.75, 3.05) is 5.32 Å². The first-order chi connectivity index (χ1) is 6.44. The van der Waals surface area contributed by atoms with Gasteiger partial charge in [-0.2, -0.15) is 0 Å². The van der Waals surface area contributed by atoms with Gasteiger partial charge in [0.1, 0.15) is 0 Å². The number of aryl methyl sites for hydroxylation is 1. The van der Waals surface area contributed by atoms with Crippen LogP contribution in [0.3, 0.4) is 0 Å². The fourth-order valence-electron chi connectivity index (χ4n) is 1.11. The number of nitrogens with one attached hydrogen (secondary N) is 1. The molecule has 0 unspecified atom stereocenters. The van der Waals surface area contributed by atoms with Gasteiger partial charge in [0.15, 0.2) is 0 Å². The molecule has 78 valence electrons. The van der Waals surface area contributed by atoms with E-state index in [1.165, 1.54) is 0 Å². The van der Waals surface area contributed by atoms with Gasteiger partial charge in [-0.05, 0) is 26.3 Å². The van der Waals surface area contributed by atoms with E-state index >= 15 is 0 Å². The maximum Gasteiger partial charge on any atom is 0.252 e. The molecule has 0 amide bonds. The number of hydrogen-bond acceptors (Lipinski definition) is 2. The van der Waals surface area contributed by atoms with Crippen LogP contribution in [0.4, 0.5) is 5.69 Å². The van der Waals surface area contributed by atoms with Crippen LogP contribution >= 0.6 is 0 Å². The predicted molar refractivity (Wildman–Crippen MR) is 59.7 cm³/mol. The fraction of sp³-hybridized carbons (Fsp3) is 0.545. The lowest BCUT2D eigenvalue weighted by Crippen LogP contribution is -2.30. The van der Waals surface area contributed by atoms with Crippen LogP contribution < -0.4 is 10.9 Å². The van der Waals surface area contributed by atoms with E-state index in [4.69, 9.17) is 0 Å². The molecule has 0 saturated carbocycles. The molecule has 0 saturated heterocycles. The van der Waals surface area contributed by atoms with Crippen LogP contribution in [0, 0.1) is 0 Å². The Bertz CT molecular complexity index is 366. The minimum absolute atomic E-state index is 0.0157. The van der Waals surface area contributed by atoms with Gasteiger partial charge in [0.05, 0.1) is 0 Å².